The number of hydrogen-bond donors (Lipinski definition) is 0. The van der Waals surface area contributed by atoms with E-state index in [2.05, 4.69) is 16.9 Å². The lowest BCUT2D eigenvalue weighted by atomic mass is 9.69. The number of hydrogen-bond acceptors (Lipinski definition) is 3. The Bertz CT molecular complexity index is 320. The first kappa shape index (κ1) is 8.21. The van der Waals surface area contributed by atoms with Crippen LogP contribution < -0.4 is 0 Å². The topological polar surface area (TPSA) is 43.4 Å². The largest absolute Gasteiger partial charge is 0.395 e. The Kier molecular flexibility index (Phi) is 1.58. The fraction of sp³-hybridized carbons (Fsp3) is 0.636. The maximum absolute atomic E-state index is 11.5. The number of carbonyl (C=O) groups excluding carboxylic acids is 2. The van der Waals surface area contributed by atoms with Crippen LogP contribution in [0.5, 0.6) is 0 Å². The van der Waals surface area contributed by atoms with Crippen LogP contribution in [0.4, 0.5) is 0 Å². The summed E-state index contributed by atoms with van der Waals surface area (Å²) in [6.45, 7) is 0.249. The van der Waals surface area contributed by atoms with E-state index < -0.39 is 0 Å². The van der Waals surface area contributed by atoms with Crippen LogP contribution in [-0.2, 0) is 14.3 Å². The minimum Gasteiger partial charge on any atom is -0.395 e. The number of rotatable bonds is 2. The van der Waals surface area contributed by atoms with E-state index in [4.69, 9.17) is 0 Å². The summed E-state index contributed by atoms with van der Waals surface area (Å²) in [7, 11) is 0. The van der Waals surface area contributed by atoms with Crippen LogP contribution in [0.1, 0.15) is 12.8 Å². The second-order valence-corrected chi connectivity index (χ2v) is 4.56. The van der Waals surface area contributed by atoms with Crippen molar-refractivity contribution in [1.82, 2.24) is 0 Å². The van der Waals surface area contributed by atoms with Gasteiger partial charge in [-0.2, -0.15) is 0 Å². The van der Waals surface area contributed by atoms with Crippen molar-refractivity contribution in [3.63, 3.8) is 0 Å². The molecular weight excluding hydrogens is 180 g/mol. The molecule has 4 rings (SSSR count). The molecule has 3 nitrogen and oxygen atoms in total. The molecule has 5 atom stereocenters. The summed E-state index contributed by atoms with van der Waals surface area (Å²) in [6, 6.07) is 0. The summed E-state index contributed by atoms with van der Waals surface area (Å²) < 4.78 is 4.45. The van der Waals surface area contributed by atoms with E-state index in [1.807, 2.05) is 0 Å². The molecule has 2 fully saturated rings. The van der Waals surface area contributed by atoms with Gasteiger partial charge >= 0.3 is 12.4 Å². The van der Waals surface area contributed by atoms with Crippen molar-refractivity contribution >= 4 is 12.4 Å². The standard InChI is InChI=1S/C11H12O3/c12-5-14-11(13)10-3-6-1-2-7(10)9-4-8(6)9/h1-2,5-10H,3-4H2. The highest BCUT2D eigenvalue weighted by Gasteiger charge is 2.56. The lowest BCUT2D eigenvalue weighted by Gasteiger charge is -2.35. The van der Waals surface area contributed by atoms with E-state index in [1.165, 1.54) is 6.42 Å². The monoisotopic (exact) mass is 192 g/mol. The van der Waals surface area contributed by atoms with Crippen molar-refractivity contribution in [1.29, 1.82) is 0 Å². The van der Waals surface area contributed by atoms with Crippen LogP contribution >= 0.6 is 0 Å². The molecule has 5 unspecified atom stereocenters. The molecule has 4 aliphatic rings. The van der Waals surface area contributed by atoms with Gasteiger partial charge in [-0.1, -0.05) is 12.2 Å². The molecule has 0 aromatic rings. The summed E-state index contributed by atoms with van der Waals surface area (Å²) in [6.07, 6.45) is 6.53. The Morgan fingerprint density at radius 3 is 2.86 bits per heavy atom. The summed E-state index contributed by atoms with van der Waals surface area (Å²) in [5, 5.41) is 0. The summed E-state index contributed by atoms with van der Waals surface area (Å²) >= 11 is 0. The van der Waals surface area contributed by atoms with Crippen LogP contribution in [0.25, 0.3) is 0 Å². The van der Waals surface area contributed by atoms with E-state index in [0.29, 0.717) is 17.8 Å². The zero-order valence-corrected chi connectivity index (χ0v) is 7.76. The van der Waals surface area contributed by atoms with E-state index >= 15 is 0 Å². The number of allylic oxidation sites excluding steroid dienone is 2. The molecule has 74 valence electrons. The summed E-state index contributed by atoms with van der Waals surface area (Å²) in [4.78, 5) is 21.6. The molecule has 0 aliphatic heterocycles. The van der Waals surface area contributed by atoms with Gasteiger partial charge in [0.25, 0.3) is 0 Å². The van der Waals surface area contributed by atoms with Gasteiger partial charge in [0.05, 0.1) is 5.92 Å². The van der Waals surface area contributed by atoms with Crippen molar-refractivity contribution < 1.29 is 14.3 Å². The van der Waals surface area contributed by atoms with Gasteiger partial charge in [0.2, 0.25) is 0 Å². The normalized spacial score (nSPS) is 47.0. The molecule has 2 saturated carbocycles. The number of ether oxygens (including phenoxy) is 1. The molecule has 3 heteroatoms. The van der Waals surface area contributed by atoms with Crippen LogP contribution in [-0.4, -0.2) is 12.4 Å². The van der Waals surface area contributed by atoms with E-state index in [0.717, 1.165) is 12.3 Å². The molecule has 14 heavy (non-hydrogen) atoms. The van der Waals surface area contributed by atoms with Crippen LogP contribution in [0.2, 0.25) is 0 Å². The predicted molar refractivity (Wildman–Crippen MR) is 48.0 cm³/mol. The highest BCUT2D eigenvalue weighted by molar-refractivity contribution is 5.79. The molecule has 2 bridgehead atoms. The van der Waals surface area contributed by atoms with Gasteiger partial charge in [0.15, 0.2) is 0 Å². The Labute approximate surface area is 82.1 Å². The molecule has 0 amide bonds. The van der Waals surface area contributed by atoms with E-state index in [1.54, 1.807) is 0 Å². The minimum absolute atomic E-state index is 0.0565. The second-order valence-electron chi connectivity index (χ2n) is 4.56. The SMILES string of the molecule is O=COC(=O)C1CC2C=CC1C1CC21. The first-order valence-electron chi connectivity index (χ1n) is 5.13. The van der Waals surface area contributed by atoms with Crippen molar-refractivity contribution in [2.75, 3.05) is 0 Å². The van der Waals surface area contributed by atoms with Gasteiger partial charge in [-0.25, -0.2) is 0 Å². The van der Waals surface area contributed by atoms with Gasteiger partial charge in [-0.05, 0) is 36.5 Å². The van der Waals surface area contributed by atoms with Crippen molar-refractivity contribution in [3.05, 3.63) is 12.2 Å². The second kappa shape index (κ2) is 2.69. The lowest BCUT2D eigenvalue weighted by Crippen LogP contribution is -2.35. The molecule has 0 aromatic heterocycles. The van der Waals surface area contributed by atoms with E-state index in [9.17, 15) is 9.59 Å². The van der Waals surface area contributed by atoms with E-state index in [-0.39, 0.29) is 18.4 Å². The van der Waals surface area contributed by atoms with Crippen molar-refractivity contribution in [2.24, 2.45) is 29.6 Å². The Morgan fingerprint density at radius 1 is 1.29 bits per heavy atom. The molecular formula is C11H12O3. The van der Waals surface area contributed by atoms with Crippen LogP contribution in [0, 0.1) is 29.6 Å². The highest BCUT2D eigenvalue weighted by Crippen LogP contribution is 2.61. The number of fused-ring (bicyclic) bond motifs is 1. The third-order valence-corrected chi connectivity index (χ3v) is 3.97. The molecule has 0 aromatic carbocycles. The van der Waals surface area contributed by atoms with Crippen LogP contribution in [0.15, 0.2) is 12.2 Å². The first-order valence-corrected chi connectivity index (χ1v) is 5.13. The maximum atomic E-state index is 11.5. The third kappa shape index (κ3) is 0.982. The van der Waals surface area contributed by atoms with Gasteiger partial charge in [-0.15, -0.1) is 0 Å². The van der Waals surface area contributed by atoms with Gasteiger partial charge < -0.3 is 4.74 Å². The lowest BCUT2D eigenvalue weighted by molar-refractivity contribution is -0.157. The molecule has 4 aliphatic carbocycles. The Hall–Kier alpha value is -1.12. The molecule has 0 saturated heterocycles. The quantitative estimate of drug-likeness (QED) is 0.285. The van der Waals surface area contributed by atoms with Gasteiger partial charge in [0, 0.05) is 0 Å². The summed E-state index contributed by atoms with van der Waals surface area (Å²) in [5.41, 5.74) is 0. The highest BCUT2D eigenvalue weighted by atomic mass is 16.6. The van der Waals surface area contributed by atoms with Gasteiger partial charge in [-0.3, -0.25) is 9.59 Å². The molecule has 0 radical (unpaired) electrons. The molecule has 0 heterocycles. The maximum Gasteiger partial charge on any atom is 0.317 e. The van der Waals surface area contributed by atoms with Crippen molar-refractivity contribution in [2.45, 2.75) is 12.8 Å². The zero-order chi connectivity index (χ0) is 9.71. The van der Waals surface area contributed by atoms with Gasteiger partial charge in [0.1, 0.15) is 0 Å². The smallest absolute Gasteiger partial charge is 0.317 e. The number of carbonyl (C=O) groups is 2. The first-order chi connectivity index (χ1) is 6.81. The number of esters is 1. The minimum atomic E-state index is -0.329. The Morgan fingerprint density at radius 2 is 2.14 bits per heavy atom. The van der Waals surface area contributed by atoms with Crippen molar-refractivity contribution in [3.8, 4) is 0 Å². The fourth-order valence-corrected chi connectivity index (χ4v) is 3.25. The fourth-order valence-electron chi connectivity index (χ4n) is 3.25. The average molecular weight is 192 g/mol. The third-order valence-electron chi connectivity index (χ3n) is 3.97. The summed E-state index contributed by atoms with van der Waals surface area (Å²) in [5.74, 6) is 2.04. The molecule has 0 N–H and O–H groups in total. The molecule has 0 spiro atoms. The predicted octanol–water partition coefficient (Wildman–Crippen LogP) is 1.14. The zero-order valence-electron chi connectivity index (χ0n) is 7.76. The Balaban J connectivity index is 1.80. The average Bonchev–Trinajstić information content (AvgIpc) is 2.99. The van der Waals surface area contributed by atoms with Crippen LogP contribution in [0.3, 0.4) is 0 Å².